The molecule has 0 spiro atoms. The van der Waals surface area contributed by atoms with E-state index in [1.54, 1.807) is 0 Å². The van der Waals surface area contributed by atoms with Crippen LogP contribution in [0.15, 0.2) is 23.8 Å². The summed E-state index contributed by atoms with van der Waals surface area (Å²) in [5.74, 6) is 1.22. The summed E-state index contributed by atoms with van der Waals surface area (Å²) < 4.78 is 0. The first-order chi connectivity index (χ1) is 7.41. The quantitative estimate of drug-likeness (QED) is 0.729. The van der Waals surface area contributed by atoms with Gasteiger partial charge in [-0.2, -0.15) is 0 Å². The van der Waals surface area contributed by atoms with Gasteiger partial charge in [-0.25, -0.2) is 0 Å². The average Bonchev–Trinajstić information content (AvgIpc) is 2.19. The molecule has 1 aliphatic rings. The molecule has 1 amide bonds. The molecule has 0 unspecified atom stereocenters. The number of hydrogen-bond donors (Lipinski definition) is 1. The molecule has 0 aromatic heterocycles. The van der Waals surface area contributed by atoms with Gasteiger partial charge in [0.2, 0.25) is 5.91 Å². The predicted octanol–water partition coefficient (Wildman–Crippen LogP) is 2.92. The predicted molar refractivity (Wildman–Crippen MR) is 68.0 cm³/mol. The van der Waals surface area contributed by atoms with Crippen LogP contribution in [0.1, 0.15) is 34.1 Å². The van der Waals surface area contributed by atoms with Crippen molar-refractivity contribution in [2.24, 2.45) is 17.8 Å². The highest BCUT2D eigenvalue weighted by atomic mass is 16.1. The van der Waals surface area contributed by atoms with E-state index in [4.69, 9.17) is 0 Å². The van der Waals surface area contributed by atoms with Gasteiger partial charge in [-0.05, 0) is 32.1 Å². The molecule has 90 valence electrons. The van der Waals surface area contributed by atoms with E-state index in [1.807, 2.05) is 6.92 Å². The second-order valence-electron chi connectivity index (χ2n) is 5.22. The molecule has 0 saturated carbocycles. The molecule has 0 aromatic rings. The minimum atomic E-state index is 0.124. The van der Waals surface area contributed by atoms with Crippen molar-refractivity contribution >= 4 is 5.91 Å². The third kappa shape index (κ3) is 3.22. The lowest BCUT2D eigenvalue weighted by atomic mass is 9.75. The largest absolute Gasteiger partial charge is 0.352 e. The van der Waals surface area contributed by atoms with Crippen LogP contribution in [0.2, 0.25) is 0 Å². The molecular weight excluding hydrogens is 198 g/mol. The van der Waals surface area contributed by atoms with E-state index in [9.17, 15) is 4.79 Å². The van der Waals surface area contributed by atoms with Gasteiger partial charge in [-0.1, -0.05) is 37.6 Å². The topological polar surface area (TPSA) is 29.1 Å². The Morgan fingerprint density at radius 1 is 1.56 bits per heavy atom. The zero-order valence-electron chi connectivity index (χ0n) is 10.8. The summed E-state index contributed by atoms with van der Waals surface area (Å²) >= 11 is 0. The highest BCUT2D eigenvalue weighted by Crippen LogP contribution is 2.33. The Kier molecular flexibility index (Phi) is 4.34. The maximum Gasteiger partial charge on any atom is 0.223 e. The highest BCUT2D eigenvalue weighted by molar-refractivity contribution is 5.79. The number of carbonyl (C=O) groups is 1. The summed E-state index contributed by atoms with van der Waals surface area (Å²) in [4.78, 5) is 12.0. The lowest BCUT2D eigenvalue weighted by Gasteiger charge is -2.31. The van der Waals surface area contributed by atoms with Crippen LogP contribution in [0.5, 0.6) is 0 Å². The van der Waals surface area contributed by atoms with Gasteiger partial charge in [0.25, 0.3) is 0 Å². The number of rotatable bonds is 3. The van der Waals surface area contributed by atoms with Crippen molar-refractivity contribution < 1.29 is 4.79 Å². The van der Waals surface area contributed by atoms with Gasteiger partial charge >= 0.3 is 0 Å². The number of nitrogens with one attached hydrogen (secondary N) is 1. The van der Waals surface area contributed by atoms with E-state index in [0.717, 1.165) is 12.0 Å². The molecule has 0 heterocycles. The Morgan fingerprint density at radius 2 is 2.19 bits per heavy atom. The molecule has 0 bridgehead atoms. The van der Waals surface area contributed by atoms with Crippen LogP contribution in [0, 0.1) is 17.8 Å². The first kappa shape index (κ1) is 13.0. The zero-order chi connectivity index (χ0) is 12.3. The fourth-order valence-electron chi connectivity index (χ4n) is 2.27. The van der Waals surface area contributed by atoms with Gasteiger partial charge < -0.3 is 5.32 Å². The van der Waals surface area contributed by atoms with E-state index < -0.39 is 0 Å². The molecule has 16 heavy (non-hydrogen) atoms. The summed E-state index contributed by atoms with van der Waals surface area (Å²) in [5, 5.41) is 2.96. The first-order valence-electron chi connectivity index (χ1n) is 6.01. The van der Waals surface area contributed by atoms with Crippen molar-refractivity contribution in [3.05, 3.63) is 23.8 Å². The SMILES string of the molecule is C=C(C)CNC(=O)[C@H]1CC(C)=C[C@H](C)[C@H]1C. The molecule has 2 heteroatoms. The summed E-state index contributed by atoms with van der Waals surface area (Å²) in [6.07, 6.45) is 3.18. The van der Waals surface area contributed by atoms with Gasteiger partial charge in [0.05, 0.1) is 0 Å². The van der Waals surface area contributed by atoms with Crippen LogP contribution in [0.3, 0.4) is 0 Å². The van der Waals surface area contributed by atoms with Gasteiger partial charge in [0, 0.05) is 12.5 Å². The second kappa shape index (κ2) is 5.33. The van der Waals surface area contributed by atoms with Crippen LogP contribution < -0.4 is 5.32 Å². The van der Waals surface area contributed by atoms with Crippen molar-refractivity contribution in [1.29, 1.82) is 0 Å². The minimum Gasteiger partial charge on any atom is -0.352 e. The number of amides is 1. The molecule has 0 fully saturated rings. The highest BCUT2D eigenvalue weighted by Gasteiger charge is 2.31. The fraction of sp³-hybridized carbons (Fsp3) is 0.643. The Labute approximate surface area is 98.8 Å². The average molecular weight is 221 g/mol. The van der Waals surface area contributed by atoms with Crippen molar-refractivity contribution in [3.8, 4) is 0 Å². The third-order valence-corrected chi connectivity index (χ3v) is 3.45. The summed E-state index contributed by atoms with van der Waals surface area (Å²) in [5.41, 5.74) is 2.33. The Bertz CT molecular complexity index is 317. The molecule has 2 nitrogen and oxygen atoms in total. The van der Waals surface area contributed by atoms with Crippen molar-refractivity contribution in [2.75, 3.05) is 6.54 Å². The summed E-state index contributed by atoms with van der Waals surface area (Å²) in [6, 6.07) is 0. The standard InChI is InChI=1S/C14H23NO/c1-9(2)8-15-14(16)13-7-10(3)6-11(4)12(13)5/h6,11-13H,1,7-8H2,2-5H3,(H,15,16)/t11-,12+,13-/m0/s1. The molecule has 1 aliphatic carbocycles. The van der Waals surface area contributed by atoms with E-state index in [1.165, 1.54) is 5.57 Å². The van der Waals surface area contributed by atoms with Crippen LogP contribution in [-0.2, 0) is 4.79 Å². The van der Waals surface area contributed by atoms with E-state index >= 15 is 0 Å². The Balaban J connectivity index is 2.62. The van der Waals surface area contributed by atoms with E-state index in [-0.39, 0.29) is 11.8 Å². The maximum absolute atomic E-state index is 12.0. The molecular formula is C14H23NO. The van der Waals surface area contributed by atoms with E-state index in [0.29, 0.717) is 18.4 Å². The van der Waals surface area contributed by atoms with Gasteiger partial charge in [0.1, 0.15) is 0 Å². The van der Waals surface area contributed by atoms with Gasteiger partial charge in [-0.3, -0.25) is 4.79 Å². The van der Waals surface area contributed by atoms with Crippen molar-refractivity contribution in [1.82, 2.24) is 5.32 Å². The van der Waals surface area contributed by atoms with E-state index in [2.05, 4.69) is 38.7 Å². The van der Waals surface area contributed by atoms with Crippen LogP contribution in [-0.4, -0.2) is 12.5 Å². The molecule has 0 saturated heterocycles. The van der Waals surface area contributed by atoms with Crippen molar-refractivity contribution in [3.63, 3.8) is 0 Å². The monoisotopic (exact) mass is 221 g/mol. The number of allylic oxidation sites excluding steroid dienone is 2. The third-order valence-electron chi connectivity index (χ3n) is 3.45. The fourth-order valence-corrected chi connectivity index (χ4v) is 2.27. The molecule has 0 aliphatic heterocycles. The summed E-state index contributed by atoms with van der Waals surface area (Å²) in [7, 11) is 0. The summed E-state index contributed by atoms with van der Waals surface area (Å²) in [6.45, 7) is 12.8. The van der Waals surface area contributed by atoms with Crippen LogP contribution in [0.4, 0.5) is 0 Å². The molecule has 1 N–H and O–H groups in total. The van der Waals surface area contributed by atoms with Crippen molar-refractivity contribution in [2.45, 2.75) is 34.1 Å². The molecule has 0 radical (unpaired) electrons. The first-order valence-corrected chi connectivity index (χ1v) is 6.01. The normalized spacial score (nSPS) is 29.5. The smallest absolute Gasteiger partial charge is 0.223 e. The van der Waals surface area contributed by atoms with Crippen LogP contribution in [0.25, 0.3) is 0 Å². The van der Waals surface area contributed by atoms with Crippen LogP contribution >= 0.6 is 0 Å². The lowest BCUT2D eigenvalue weighted by Crippen LogP contribution is -2.38. The van der Waals surface area contributed by atoms with Gasteiger partial charge in [-0.15, -0.1) is 0 Å². The minimum absolute atomic E-state index is 0.124. The van der Waals surface area contributed by atoms with Gasteiger partial charge in [0.15, 0.2) is 0 Å². The number of carbonyl (C=O) groups excluding carboxylic acids is 1. The maximum atomic E-state index is 12.0. The lowest BCUT2D eigenvalue weighted by molar-refractivity contribution is -0.126. The zero-order valence-corrected chi connectivity index (χ0v) is 10.8. The Morgan fingerprint density at radius 3 is 2.75 bits per heavy atom. The Hall–Kier alpha value is -1.05. The molecule has 1 rings (SSSR count). The second-order valence-corrected chi connectivity index (χ2v) is 5.22. The molecule has 3 atom stereocenters. The molecule has 0 aromatic carbocycles. The number of hydrogen-bond acceptors (Lipinski definition) is 1.